The summed E-state index contributed by atoms with van der Waals surface area (Å²) in [6.07, 6.45) is 3.61. The van der Waals surface area contributed by atoms with E-state index in [0.717, 1.165) is 17.0 Å². The molecule has 1 N–H and O–H groups in total. The predicted molar refractivity (Wildman–Crippen MR) is 61.4 cm³/mol. The van der Waals surface area contributed by atoms with E-state index >= 15 is 0 Å². The minimum atomic E-state index is -0.219. The van der Waals surface area contributed by atoms with Gasteiger partial charge in [-0.05, 0) is 30.8 Å². The van der Waals surface area contributed by atoms with Crippen LogP contribution in [0.3, 0.4) is 0 Å². The van der Waals surface area contributed by atoms with Crippen molar-refractivity contribution >= 4 is 0 Å². The second-order valence-electron chi connectivity index (χ2n) is 3.69. The molecule has 0 fully saturated rings. The number of nitrogens with one attached hydrogen (secondary N) is 1. The van der Waals surface area contributed by atoms with E-state index in [-0.39, 0.29) is 5.82 Å². The highest BCUT2D eigenvalue weighted by molar-refractivity contribution is 5.60. The maximum atomic E-state index is 13.2. The zero-order valence-electron chi connectivity index (χ0n) is 9.37. The van der Waals surface area contributed by atoms with Gasteiger partial charge in [-0.25, -0.2) is 9.37 Å². The molecule has 1 heterocycles. The van der Waals surface area contributed by atoms with Gasteiger partial charge in [0.1, 0.15) is 11.6 Å². The molecule has 0 saturated carbocycles. The van der Waals surface area contributed by atoms with Crippen molar-refractivity contribution in [3.63, 3.8) is 0 Å². The number of benzene rings is 1. The number of nitrogens with zero attached hydrogens (tertiary/aromatic N) is 2. The third-order valence-corrected chi connectivity index (χ3v) is 2.50. The van der Waals surface area contributed by atoms with Gasteiger partial charge in [0, 0.05) is 31.5 Å². The molecule has 1 aromatic heterocycles. The second-order valence-corrected chi connectivity index (χ2v) is 3.69. The Morgan fingerprint density at radius 3 is 2.88 bits per heavy atom. The first kappa shape index (κ1) is 10.8. The molecule has 3 nitrogen and oxygen atoms in total. The number of rotatable bonds is 3. The summed E-state index contributed by atoms with van der Waals surface area (Å²) in [7, 11) is 3.77. The third kappa shape index (κ3) is 1.97. The van der Waals surface area contributed by atoms with Gasteiger partial charge in [0.25, 0.3) is 0 Å². The fourth-order valence-corrected chi connectivity index (χ4v) is 1.74. The van der Waals surface area contributed by atoms with E-state index in [2.05, 4.69) is 10.3 Å². The van der Waals surface area contributed by atoms with Crippen molar-refractivity contribution in [3.05, 3.63) is 42.0 Å². The van der Waals surface area contributed by atoms with Crippen LogP contribution in [0, 0.1) is 5.82 Å². The zero-order chi connectivity index (χ0) is 11.5. The Kier molecular flexibility index (Phi) is 3.01. The molecule has 2 rings (SSSR count). The van der Waals surface area contributed by atoms with Crippen molar-refractivity contribution < 1.29 is 4.39 Å². The fraction of sp³-hybridized carbons (Fsp3) is 0.250. The Morgan fingerprint density at radius 1 is 1.44 bits per heavy atom. The normalized spacial score (nSPS) is 10.7. The molecular weight excluding hydrogens is 205 g/mol. The van der Waals surface area contributed by atoms with Gasteiger partial charge >= 0.3 is 0 Å². The summed E-state index contributed by atoms with van der Waals surface area (Å²) in [4.78, 5) is 4.27. The molecule has 4 heteroatoms. The summed E-state index contributed by atoms with van der Waals surface area (Å²) in [5, 5.41) is 3.03. The molecule has 0 aliphatic heterocycles. The van der Waals surface area contributed by atoms with Crippen molar-refractivity contribution in [1.29, 1.82) is 0 Å². The number of hydrogen-bond acceptors (Lipinski definition) is 2. The van der Waals surface area contributed by atoms with E-state index in [4.69, 9.17) is 0 Å². The fourth-order valence-electron chi connectivity index (χ4n) is 1.74. The van der Waals surface area contributed by atoms with Crippen molar-refractivity contribution in [2.24, 2.45) is 7.05 Å². The Hall–Kier alpha value is -1.68. The van der Waals surface area contributed by atoms with E-state index in [1.807, 2.05) is 24.9 Å². The molecule has 1 aromatic carbocycles. The first-order chi connectivity index (χ1) is 7.72. The highest BCUT2D eigenvalue weighted by Gasteiger charge is 2.09. The summed E-state index contributed by atoms with van der Waals surface area (Å²) in [5.74, 6) is 0.633. The molecule has 0 atom stereocenters. The number of halogens is 1. The van der Waals surface area contributed by atoms with Crippen LogP contribution < -0.4 is 5.32 Å². The van der Waals surface area contributed by atoms with Gasteiger partial charge in [0.05, 0.1) is 0 Å². The minimum Gasteiger partial charge on any atom is -0.334 e. The summed E-state index contributed by atoms with van der Waals surface area (Å²) >= 11 is 0. The largest absolute Gasteiger partial charge is 0.334 e. The van der Waals surface area contributed by atoms with Crippen molar-refractivity contribution in [2.75, 3.05) is 7.05 Å². The Bertz CT molecular complexity index is 491. The van der Waals surface area contributed by atoms with Crippen LogP contribution in [0.2, 0.25) is 0 Å². The van der Waals surface area contributed by atoms with Crippen LogP contribution in [0.15, 0.2) is 30.6 Å². The summed E-state index contributed by atoms with van der Waals surface area (Å²) in [5.41, 5.74) is 1.88. The molecule has 2 aromatic rings. The highest BCUT2D eigenvalue weighted by atomic mass is 19.1. The zero-order valence-corrected chi connectivity index (χ0v) is 9.37. The molecule has 0 saturated heterocycles. The molecular formula is C12H14FN3. The van der Waals surface area contributed by atoms with Crippen molar-refractivity contribution in [3.8, 4) is 11.4 Å². The Balaban J connectivity index is 2.51. The van der Waals surface area contributed by atoms with Crippen molar-refractivity contribution in [2.45, 2.75) is 6.54 Å². The minimum absolute atomic E-state index is 0.219. The van der Waals surface area contributed by atoms with E-state index in [9.17, 15) is 4.39 Å². The van der Waals surface area contributed by atoms with Gasteiger partial charge in [0.2, 0.25) is 0 Å². The van der Waals surface area contributed by atoms with Crippen LogP contribution in [0.5, 0.6) is 0 Å². The first-order valence-corrected chi connectivity index (χ1v) is 5.13. The van der Waals surface area contributed by atoms with Gasteiger partial charge in [-0.2, -0.15) is 0 Å². The smallest absolute Gasteiger partial charge is 0.139 e. The number of aromatic nitrogens is 2. The Morgan fingerprint density at radius 2 is 2.25 bits per heavy atom. The van der Waals surface area contributed by atoms with Crippen LogP contribution in [0.25, 0.3) is 11.4 Å². The van der Waals surface area contributed by atoms with E-state index < -0.39 is 0 Å². The van der Waals surface area contributed by atoms with E-state index in [0.29, 0.717) is 6.54 Å². The average Bonchev–Trinajstić information content (AvgIpc) is 2.65. The quantitative estimate of drug-likeness (QED) is 0.855. The van der Waals surface area contributed by atoms with Crippen LogP contribution in [-0.4, -0.2) is 16.6 Å². The van der Waals surface area contributed by atoms with Gasteiger partial charge in [-0.1, -0.05) is 0 Å². The van der Waals surface area contributed by atoms with Gasteiger partial charge in [-0.15, -0.1) is 0 Å². The molecule has 0 bridgehead atoms. The second kappa shape index (κ2) is 4.45. The lowest BCUT2D eigenvalue weighted by Crippen LogP contribution is -2.08. The molecule has 0 aliphatic carbocycles. The lowest BCUT2D eigenvalue weighted by Gasteiger charge is -2.09. The Labute approximate surface area is 93.9 Å². The van der Waals surface area contributed by atoms with Crippen LogP contribution in [0.1, 0.15) is 5.56 Å². The molecule has 16 heavy (non-hydrogen) atoms. The van der Waals surface area contributed by atoms with Crippen molar-refractivity contribution in [1.82, 2.24) is 14.9 Å². The maximum absolute atomic E-state index is 13.2. The van der Waals surface area contributed by atoms with Gasteiger partial charge in [0.15, 0.2) is 0 Å². The summed E-state index contributed by atoms with van der Waals surface area (Å²) in [6, 6.07) is 4.77. The highest BCUT2D eigenvalue weighted by Crippen LogP contribution is 2.22. The van der Waals surface area contributed by atoms with Crippen LogP contribution >= 0.6 is 0 Å². The average molecular weight is 219 g/mol. The summed E-state index contributed by atoms with van der Waals surface area (Å²) in [6.45, 7) is 0.625. The van der Waals surface area contributed by atoms with Crippen LogP contribution in [-0.2, 0) is 13.6 Å². The summed E-state index contributed by atoms with van der Waals surface area (Å²) < 4.78 is 15.1. The van der Waals surface area contributed by atoms with Gasteiger partial charge in [-0.3, -0.25) is 0 Å². The van der Waals surface area contributed by atoms with Crippen LogP contribution in [0.4, 0.5) is 4.39 Å². The van der Waals surface area contributed by atoms with E-state index in [1.54, 1.807) is 18.3 Å². The first-order valence-electron chi connectivity index (χ1n) is 5.13. The lowest BCUT2D eigenvalue weighted by molar-refractivity contribution is 0.624. The SMILES string of the molecule is CNCc1cc(F)ccc1-c1nccn1C. The molecule has 0 spiro atoms. The van der Waals surface area contributed by atoms with E-state index in [1.165, 1.54) is 6.07 Å². The predicted octanol–water partition coefficient (Wildman–Crippen LogP) is 1.95. The molecule has 0 radical (unpaired) electrons. The molecule has 0 unspecified atom stereocenters. The topological polar surface area (TPSA) is 29.9 Å². The number of aryl methyl sites for hydroxylation is 1. The molecule has 84 valence electrons. The maximum Gasteiger partial charge on any atom is 0.139 e. The van der Waals surface area contributed by atoms with Gasteiger partial charge < -0.3 is 9.88 Å². The lowest BCUT2D eigenvalue weighted by atomic mass is 10.1. The standard InChI is InChI=1S/C12H14FN3/c1-14-8-9-7-10(13)3-4-11(9)12-15-5-6-16(12)2/h3-7,14H,8H2,1-2H3. The molecule has 0 amide bonds. The number of hydrogen-bond donors (Lipinski definition) is 1. The molecule has 0 aliphatic rings. The monoisotopic (exact) mass is 219 g/mol. The number of imidazole rings is 1. The third-order valence-electron chi connectivity index (χ3n) is 2.50.